The van der Waals surface area contributed by atoms with Gasteiger partial charge in [0.25, 0.3) is 0 Å². The number of ether oxygens (including phenoxy) is 2. The smallest absolute Gasteiger partial charge is 0.222 e. The number of aryl methyl sites for hydroxylation is 2. The fourth-order valence-corrected chi connectivity index (χ4v) is 5.64. The van der Waals surface area contributed by atoms with Gasteiger partial charge in [0.05, 0.1) is 37.6 Å². The zero-order valence-electron chi connectivity index (χ0n) is 23.6. The molecule has 12 nitrogen and oxygen atoms in total. The molecule has 41 heavy (non-hydrogen) atoms. The minimum Gasteiger partial charge on any atom is -0.477 e. The lowest BCUT2D eigenvalue weighted by Gasteiger charge is -2.26. The van der Waals surface area contributed by atoms with E-state index in [0.717, 1.165) is 73.5 Å². The van der Waals surface area contributed by atoms with E-state index in [-0.39, 0.29) is 6.04 Å². The molecule has 5 aromatic heterocycles. The summed E-state index contributed by atoms with van der Waals surface area (Å²) in [5.41, 5.74) is 5.08. The highest BCUT2D eigenvalue weighted by Crippen LogP contribution is 2.34. The fraction of sp³-hybridized carbons (Fsp3) is 0.414. The standard InChI is InChI=1S/C29H34N10O2/c1-4-38-17-20(13-21(38)18-37-8-11-40-12-9-37)27-22-15-31-26-14-24(22)39(35-27)19(2)6-10-41-29-23(16-32-36(29)3)28-30-7-5-25(33-26)34-28/h5,7,13-17,19H,4,6,8-12,18H2,1-3H3,(H,30,31,33,34)/t19-/m0/s1. The number of hydrogen-bond donors (Lipinski definition) is 1. The molecule has 0 aliphatic carbocycles. The van der Waals surface area contributed by atoms with Crippen molar-refractivity contribution in [1.29, 1.82) is 0 Å². The molecule has 4 bridgehead atoms. The molecule has 7 heterocycles. The number of morpholine rings is 1. The van der Waals surface area contributed by atoms with E-state index in [1.54, 1.807) is 17.1 Å². The van der Waals surface area contributed by atoms with Crippen LogP contribution in [0.4, 0.5) is 11.6 Å². The minimum absolute atomic E-state index is 0.0799. The van der Waals surface area contributed by atoms with Gasteiger partial charge in [-0.3, -0.25) is 9.58 Å². The summed E-state index contributed by atoms with van der Waals surface area (Å²) in [6.45, 7) is 10.1. The van der Waals surface area contributed by atoms with Gasteiger partial charge >= 0.3 is 0 Å². The van der Waals surface area contributed by atoms with E-state index in [1.807, 2.05) is 19.3 Å². The topological polar surface area (TPSA) is 113 Å². The first kappa shape index (κ1) is 25.7. The van der Waals surface area contributed by atoms with Gasteiger partial charge < -0.3 is 19.4 Å². The van der Waals surface area contributed by atoms with Gasteiger partial charge in [0, 0.05) is 80.9 Å². The number of nitrogens with one attached hydrogen (secondary N) is 1. The van der Waals surface area contributed by atoms with Crippen molar-refractivity contribution < 1.29 is 9.47 Å². The molecule has 1 atom stereocenters. The van der Waals surface area contributed by atoms with Crippen LogP contribution in [0.15, 0.2) is 43.0 Å². The number of nitrogens with zero attached hydrogens (tertiary/aromatic N) is 9. The first-order chi connectivity index (χ1) is 20.1. The molecule has 1 saturated heterocycles. The van der Waals surface area contributed by atoms with Crippen LogP contribution in [0, 0.1) is 0 Å². The Bertz CT molecular complexity index is 1700. The van der Waals surface area contributed by atoms with Crippen molar-refractivity contribution in [2.75, 3.05) is 38.2 Å². The van der Waals surface area contributed by atoms with Gasteiger partial charge in [0.15, 0.2) is 5.82 Å². The molecule has 12 heteroatoms. The molecule has 2 aliphatic heterocycles. The van der Waals surface area contributed by atoms with Crippen LogP contribution in [0.3, 0.4) is 0 Å². The summed E-state index contributed by atoms with van der Waals surface area (Å²) in [6.07, 6.45) is 8.35. The maximum absolute atomic E-state index is 6.25. The number of aromatic nitrogens is 8. The van der Waals surface area contributed by atoms with E-state index >= 15 is 0 Å². The molecule has 1 N–H and O–H groups in total. The molecular weight excluding hydrogens is 520 g/mol. The van der Waals surface area contributed by atoms with Gasteiger partial charge in [-0.2, -0.15) is 10.2 Å². The number of anilines is 2. The second kappa shape index (κ2) is 10.6. The van der Waals surface area contributed by atoms with E-state index in [2.05, 4.69) is 61.7 Å². The highest BCUT2D eigenvalue weighted by Gasteiger charge is 2.22. The Morgan fingerprint density at radius 1 is 1.07 bits per heavy atom. The fourth-order valence-electron chi connectivity index (χ4n) is 5.64. The molecule has 0 aromatic carbocycles. The molecule has 212 valence electrons. The Morgan fingerprint density at radius 2 is 1.95 bits per heavy atom. The van der Waals surface area contributed by atoms with Crippen LogP contribution in [-0.2, 0) is 24.9 Å². The third kappa shape index (κ3) is 4.82. The van der Waals surface area contributed by atoms with Gasteiger partial charge in [0.2, 0.25) is 5.88 Å². The van der Waals surface area contributed by atoms with Crippen LogP contribution >= 0.6 is 0 Å². The SMILES string of the molecule is CCn1cc(-c2nn3c4cc(ncc24)Nc2ccnc(n2)-c2cnn(C)c2OCC[C@@H]3C)cc1CN1CCOCC1. The summed E-state index contributed by atoms with van der Waals surface area (Å²) < 4.78 is 17.9. The van der Waals surface area contributed by atoms with Gasteiger partial charge in [-0.1, -0.05) is 0 Å². The van der Waals surface area contributed by atoms with Crippen molar-refractivity contribution in [3.63, 3.8) is 0 Å². The first-order valence-corrected chi connectivity index (χ1v) is 14.2. The number of fused-ring (bicyclic) bond motifs is 5. The van der Waals surface area contributed by atoms with Crippen molar-refractivity contribution in [2.24, 2.45) is 7.05 Å². The molecular formula is C29H34N10O2. The van der Waals surface area contributed by atoms with Gasteiger partial charge in [-0.15, -0.1) is 0 Å². The van der Waals surface area contributed by atoms with E-state index < -0.39 is 0 Å². The van der Waals surface area contributed by atoms with E-state index in [1.165, 1.54) is 5.69 Å². The maximum Gasteiger partial charge on any atom is 0.222 e. The average molecular weight is 555 g/mol. The second-order valence-corrected chi connectivity index (χ2v) is 10.6. The van der Waals surface area contributed by atoms with E-state index in [9.17, 15) is 0 Å². The summed E-state index contributed by atoms with van der Waals surface area (Å²) in [5.74, 6) is 2.52. The lowest BCUT2D eigenvalue weighted by atomic mass is 10.1. The van der Waals surface area contributed by atoms with Gasteiger partial charge in [-0.05, 0) is 26.0 Å². The Kier molecular flexibility index (Phi) is 6.63. The average Bonchev–Trinajstić information content (AvgIpc) is 3.68. The van der Waals surface area contributed by atoms with Crippen molar-refractivity contribution in [2.45, 2.75) is 39.4 Å². The van der Waals surface area contributed by atoms with Crippen LogP contribution in [0.1, 0.15) is 32.0 Å². The molecule has 5 aromatic rings. The molecule has 0 saturated carbocycles. The van der Waals surface area contributed by atoms with Crippen molar-refractivity contribution in [3.8, 4) is 28.5 Å². The van der Waals surface area contributed by atoms with Crippen LogP contribution in [-0.4, -0.2) is 76.9 Å². The van der Waals surface area contributed by atoms with Crippen molar-refractivity contribution in [1.82, 2.24) is 44.0 Å². The number of hydrogen-bond acceptors (Lipinski definition) is 9. The Labute approximate surface area is 237 Å². The van der Waals surface area contributed by atoms with E-state index in [4.69, 9.17) is 24.5 Å². The summed E-state index contributed by atoms with van der Waals surface area (Å²) in [5, 5.41) is 14.0. The van der Waals surface area contributed by atoms with Crippen LogP contribution < -0.4 is 10.1 Å². The Hall–Kier alpha value is -4.29. The summed E-state index contributed by atoms with van der Waals surface area (Å²) in [7, 11) is 1.86. The predicted octanol–water partition coefficient (Wildman–Crippen LogP) is 4.03. The van der Waals surface area contributed by atoms with E-state index in [0.29, 0.717) is 29.9 Å². The monoisotopic (exact) mass is 554 g/mol. The summed E-state index contributed by atoms with van der Waals surface area (Å²) >= 11 is 0. The lowest BCUT2D eigenvalue weighted by Crippen LogP contribution is -2.36. The third-order valence-electron chi connectivity index (χ3n) is 7.91. The van der Waals surface area contributed by atoms with Crippen molar-refractivity contribution in [3.05, 3.63) is 48.7 Å². The Balaban J connectivity index is 1.29. The quantitative estimate of drug-likeness (QED) is 0.352. The molecule has 0 radical (unpaired) electrons. The predicted molar refractivity (Wildman–Crippen MR) is 155 cm³/mol. The summed E-state index contributed by atoms with van der Waals surface area (Å²) in [6, 6.07) is 6.24. The molecule has 0 spiro atoms. The number of pyridine rings is 1. The highest BCUT2D eigenvalue weighted by atomic mass is 16.5. The van der Waals surface area contributed by atoms with Gasteiger partial charge in [0.1, 0.15) is 22.9 Å². The molecule has 0 unspecified atom stereocenters. The molecule has 0 amide bonds. The maximum atomic E-state index is 6.25. The molecule has 1 fully saturated rings. The van der Waals surface area contributed by atoms with Gasteiger partial charge in [-0.25, -0.2) is 19.6 Å². The third-order valence-corrected chi connectivity index (χ3v) is 7.91. The molecule has 2 aliphatic rings. The first-order valence-electron chi connectivity index (χ1n) is 14.2. The minimum atomic E-state index is 0.0799. The molecule has 7 rings (SSSR count). The zero-order chi connectivity index (χ0) is 27.9. The van der Waals surface area contributed by atoms with Crippen LogP contribution in [0.5, 0.6) is 5.88 Å². The van der Waals surface area contributed by atoms with Crippen molar-refractivity contribution >= 4 is 22.5 Å². The lowest BCUT2D eigenvalue weighted by molar-refractivity contribution is 0.0332. The summed E-state index contributed by atoms with van der Waals surface area (Å²) in [4.78, 5) is 16.4. The Morgan fingerprint density at radius 3 is 2.80 bits per heavy atom. The van der Waals surface area contributed by atoms with Crippen LogP contribution in [0.25, 0.3) is 33.5 Å². The largest absolute Gasteiger partial charge is 0.477 e. The zero-order valence-corrected chi connectivity index (χ0v) is 23.6. The normalized spacial score (nSPS) is 17.7. The van der Waals surface area contributed by atoms with Crippen LogP contribution in [0.2, 0.25) is 0 Å². The highest BCUT2D eigenvalue weighted by molar-refractivity contribution is 5.94. The second-order valence-electron chi connectivity index (χ2n) is 10.6. The number of rotatable bonds is 4.